The Morgan fingerprint density at radius 1 is 1.32 bits per heavy atom. The van der Waals surface area contributed by atoms with Crippen LogP contribution in [0.2, 0.25) is 0 Å². The highest BCUT2D eigenvalue weighted by Gasteiger charge is 2.71. The van der Waals surface area contributed by atoms with E-state index in [1.165, 1.54) is 32.2 Å². The molecular weight excluding hydrogens is 369 g/mol. The first-order valence-electron chi connectivity index (χ1n) is 9.24. The molecule has 0 unspecified atom stereocenters. The van der Waals surface area contributed by atoms with Gasteiger partial charge in [0.1, 0.15) is 11.4 Å². The van der Waals surface area contributed by atoms with Gasteiger partial charge in [-0.25, -0.2) is 4.39 Å². The summed E-state index contributed by atoms with van der Waals surface area (Å²) in [6.45, 7) is 2.04. The molecule has 5 atom stereocenters. The molecule has 3 amide bonds. The standard InChI is InChI=1S/C19H22FN3O5/c1-9(24)15-13-14(17(26)23(16(13)25)6-3-7-28-2)19(22-15)11-8-10(20)4-5-12(11)21-18(19)27/h4-5,8-9,13-15,22,24H,3,6-7H2,1-2H3,(H,21,27)/t9-,13+,14+,15+,19+/m1/s1. The van der Waals surface area contributed by atoms with Crippen molar-refractivity contribution in [3.05, 3.63) is 29.6 Å². The van der Waals surface area contributed by atoms with Crippen LogP contribution in [0, 0.1) is 17.7 Å². The Labute approximate surface area is 161 Å². The van der Waals surface area contributed by atoms with Gasteiger partial charge < -0.3 is 15.2 Å². The van der Waals surface area contributed by atoms with E-state index in [9.17, 15) is 23.9 Å². The zero-order valence-corrected chi connectivity index (χ0v) is 15.6. The summed E-state index contributed by atoms with van der Waals surface area (Å²) in [7, 11) is 1.53. The first-order valence-corrected chi connectivity index (χ1v) is 9.24. The highest BCUT2D eigenvalue weighted by molar-refractivity contribution is 6.15. The third-order valence-electron chi connectivity index (χ3n) is 5.95. The number of carbonyl (C=O) groups is 3. The van der Waals surface area contributed by atoms with Crippen molar-refractivity contribution in [1.29, 1.82) is 0 Å². The largest absolute Gasteiger partial charge is 0.392 e. The quantitative estimate of drug-likeness (QED) is 0.480. The van der Waals surface area contributed by atoms with Gasteiger partial charge in [-0.15, -0.1) is 0 Å². The van der Waals surface area contributed by atoms with Gasteiger partial charge in [0.05, 0.1) is 17.9 Å². The number of imide groups is 1. The van der Waals surface area contributed by atoms with E-state index in [0.717, 1.165) is 4.90 Å². The lowest BCUT2D eigenvalue weighted by Crippen LogP contribution is -2.54. The van der Waals surface area contributed by atoms with Crippen molar-refractivity contribution in [2.45, 2.75) is 31.0 Å². The van der Waals surface area contributed by atoms with Crippen LogP contribution >= 0.6 is 0 Å². The number of carbonyl (C=O) groups excluding carboxylic acids is 3. The van der Waals surface area contributed by atoms with Crippen molar-refractivity contribution in [2.75, 3.05) is 25.6 Å². The topological polar surface area (TPSA) is 108 Å². The molecule has 0 saturated carbocycles. The van der Waals surface area contributed by atoms with Crippen LogP contribution in [-0.2, 0) is 24.7 Å². The van der Waals surface area contributed by atoms with Gasteiger partial charge in [-0.05, 0) is 31.5 Å². The summed E-state index contributed by atoms with van der Waals surface area (Å²) in [5, 5.41) is 16.0. The van der Waals surface area contributed by atoms with Crippen LogP contribution in [0.25, 0.3) is 0 Å². The number of anilines is 1. The van der Waals surface area contributed by atoms with Gasteiger partial charge in [-0.1, -0.05) is 0 Å². The fourth-order valence-electron chi connectivity index (χ4n) is 4.77. The number of rotatable bonds is 5. The Bertz CT molecular complexity index is 860. The maximum atomic E-state index is 14.0. The molecule has 3 N–H and O–H groups in total. The lowest BCUT2D eigenvalue weighted by molar-refractivity contribution is -0.143. The molecule has 9 heteroatoms. The normalized spacial score (nSPS) is 32.1. The van der Waals surface area contributed by atoms with E-state index < -0.39 is 53.1 Å². The van der Waals surface area contributed by atoms with E-state index in [0.29, 0.717) is 18.7 Å². The first kappa shape index (κ1) is 19.0. The molecule has 1 spiro atoms. The lowest BCUT2D eigenvalue weighted by Gasteiger charge is -2.30. The predicted octanol–water partition coefficient (Wildman–Crippen LogP) is -0.0366. The highest BCUT2D eigenvalue weighted by Crippen LogP contribution is 2.53. The van der Waals surface area contributed by atoms with Gasteiger partial charge in [-0.3, -0.25) is 24.6 Å². The van der Waals surface area contributed by atoms with Crippen molar-refractivity contribution in [1.82, 2.24) is 10.2 Å². The highest BCUT2D eigenvalue weighted by atomic mass is 19.1. The molecule has 1 aromatic rings. The molecule has 2 saturated heterocycles. The maximum Gasteiger partial charge on any atom is 0.250 e. The third kappa shape index (κ3) is 2.43. The second-order valence-corrected chi connectivity index (χ2v) is 7.54. The van der Waals surface area contributed by atoms with Crippen molar-refractivity contribution < 1.29 is 28.6 Å². The minimum Gasteiger partial charge on any atom is -0.392 e. The molecular formula is C19H22FN3O5. The third-order valence-corrected chi connectivity index (χ3v) is 5.95. The fourth-order valence-corrected chi connectivity index (χ4v) is 4.77. The number of aliphatic hydroxyl groups excluding tert-OH is 1. The first-order chi connectivity index (χ1) is 13.3. The Balaban J connectivity index is 1.81. The zero-order valence-electron chi connectivity index (χ0n) is 15.6. The van der Waals surface area contributed by atoms with Gasteiger partial charge in [-0.2, -0.15) is 0 Å². The molecule has 0 aromatic heterocycles. The zero-order chi connectivity index (χ0) is 20.2. The number of hydrogen-bond donors (Lipinski definition) is 3. The molecule has 0 radical (unpaired) electrons. The monoisotopic (exact) mass is 391 g/mol. The van der Waals surface area contributed by atoms with Crippen molar-refractivity contribution in [3.8, 4) is 0 Å². The molecule has 3 aliphatic rings. The van der Waals surface area contributed by atoms with Gasteiger partial charge in [0, 0.05) is 37.6 Å². The van der Waals surface area contributed by atoms with Crippen LogP contribution in [0.4, 0.5) is 10.1 Å². The van der Waals surface area contributed by atoms with E-state index in [-0.39, 0.29) is 12.1 Å². The van der Waals surface area contributed by atoms with E-state index in [2.05, 4.69) is 10.6 Å². The summed E-state index contributed by atoms with van der Waals surface area (Å²) < 4.78 is 19.0. The van der Waals surface area contributed by atoms with Gasteiger partial charge in [0.25, 0.3) is 0 Å². The molecule has 2 fully saturated rings. The van der Waals surface area contributed by atoms with Crippen LogP contribution in [0.5, 0.6) is 0 Å². The number of likely N-dealkylation sites (tertiary alicyclic amines) is 1. The molecule has 4 rings (SSSR count). The summed E-state index contributed by atoms with van der Waals surface area (Å²) in [6.07, 6.45) is -0.530. The molecule has 3 heterocycles. The summed E-state index contributed by atoms with van der Waals surface area (Å²) >= 11 is 0. The number of hydrogen-bond acceptors (Lipinski definition) is 6. The van der Waals surface area contributed by atoms with Crippen LogP contribution < -0.4 is 10.6 Å². The Morgan fingerprint density at radius 2 is 2.07 bits per heavy atom. The Morgan fingerprint density at radius 3 is 2.75 bits per heavy atom. The Hall–Kier alpha value is -2.36. The van der Waals surface area contributed by atoms with Crippen molar-refractivity contribution in [3.63, 3.8) is 0 Å². The number of fused-ring (bicyclic) bond motifs is 4. The summed E-state index contributed by atoms with van der Waals surface area (Å²) in [6, 6.07) is 3.04. The molecule has 1 aromatic carbocycles. The number of amides is 3. The van der Waals surface area contributed by atoms with E-state index >= 15 is 0 Å². The smallest absolute Gasteiger partial charge is 0.250 e. The number of nitrogens with one attached hydrogen (secondary N) is 2. The maximum absolute atomic E-state index is 14.0. The van der Waals surface area contributed by atoms with Gasteiger partial charge in [0.2, 0.25) is 17.7 Å². The van der Waals surface area contributed by atoms with Crippen molar-refractivity contribution >= 4 is 23.4 Å². The van der Waals surface area contributed by atoms with Gasteiger partial charge >= 0.3 is 0 Å². The molecule has 0 bridgehead atoms. The number of halogens is 1. The minimum absolute atomic E-state index is 0.165. The van der Waals surface area contributed by atoms with E-state index in [1.54, 1.807) is 0 Å². The van der Waals surface area contributed by atoms with Crippen LogP contribution in [0.1, 0.15) is 18.9 Å². The number of methoxy groups -OCH3 is 1. The second kappa shape index (κ2) is 6.61. The molecule has 8 nitrogen and oxygen atoms in total. The lowest BCUT2D eigenvalue weighted by atomic mass is 9.76. The van der Waals surface area contributed by atoms with Crippen LogP contribution in [0.15, 0.2) is 18.2 Å². The fraction of sp³-hybridized carbons (Fsp3) is 0.526. The average molecular weight is 391 g/mol. The number of benzene rings is 1. The van der Waals surface area contributed by atoms with E-state index in [1.807, 2.05) is 0 Å². The number of ether oxygens (including phenoxy) is 1. The number of aliphatic hydroxyl groups is 1. The summed E-state index contributed by atoms with van der Waals surface area (Å²) in [5.41, 5.74) is -0.913. The molecule has 28 heavy (non-hydrogen) atoms. The van der Waals surface area contributed by atoms with Crippen molar-refractivity contribution in [2.24, 2.45) is 11.8 Å². The SMILES string of the molecule is COCCCN1C(=O)[C@@H]2[C@H]([C@@H](C)O)N[C@]3(C(=O)Nc4ccc(F)cc43)[C@@H]2C1=O. The predicted molar refractivity (Wildman–Crippen MR) is 95.5 cm³/mol. The molecule has 3 aliphatic heterocycles. The van der Waals surface area contributed by atoms with Crippen LogP contribution in [-0.4, -0.2) is 60.1 Å². The summed E-state index contributed by atoms with van der Waals surface area (Å²) in [5.74, 6) is -3.96. The molecule has 150 valence electrons. The van der Waals surface area contributed by atoms with Crippen LogP contribution in [0.3, 0.4) is 0 Å². The minimum atomic E-state index is -1.59. The molecule has 0 aliphatic carbocycles. The average Bonchev–Trinajstić information content (AvgIpc) is 3.23. The second-order valence-electron chi connectivity index (χ2n) is 7.54. The van der Waals surface area contributed by atoms with E-state index in [4.69, 9.17) is 4.74 Å². The Kier molecular flexibility index (Phi) is 4.48. The van der Waals surface area contributed by atoms with Gasteiger partial charge in [0.15, 0.2) is 0 Å². The number of nitrogens with zero attached hydrogens (tertiary/aromatic N) is 1. The summed E-state index contributed by atoms with van der Waals surface area (Å²) in [4.78, 5) is 40.4.